The van der Waals surface area contributed by atoms with E-state index in [1.54, 1.807) is 0 Å². The Bertz CT molecular complexity index is 642. The molecular weight excluding hydrogens is 242 g/mol. The van der Waals surface area contributed by atoms with Crippen molar-refractivity contribution in [2.24, 2.45) is 7.05 Å². The monoisotopic (exact) mass is 269 g/mol. The molecule has 0 aliphatic heterocycles. The molecule has 0 radical (unpaired) electrons. The van der Waals surface area contributed by atoms with Gasteiger partial charge in [0.05, 0.1) is 0 Å². The van der Waals surface area contributed by atoms with Crippen molar-refractivity contribution in [3.05, 3.63) is 53.7 Å². The lowest BCUT2D eigenvalue weighted by atomic mass is 9.78. The van der Waals surface area contributed by atoms with Crippen molar-refractivity contribution in [1.82, 2.24) is 0 Å². The molecule has 2 rings (SSSR count). The van der Waals surface area contributed by atoms with Crippen molar-refractivity contribution in [1.29, 1.82) is 0 Å². The number of hydrogen-bond donors (Lipinski definition) is 0. The molecule has 0 saturated heterocycles. The van der Waals surface area contributed by atoms with E-state index in [1.807, 2.05) is 17.7 Å². The minimum absolute atomic E-state index is 0.140. The van der Waals surface area contributed by atoms with E-state index in [4.69, 9.17) is 1.37 Å². The second kappa shape index (κ2) is 5.78. The number of aryl methyl sites for hydroxylation is 1. The van der Waals surface area contributed by atoms with Gasteiger partial charge in [0, 0.05) is 17.7 Å². The summed E-state index contributed by atoms with van der Waals surface area (Å²) in [5, 5.41) is 0. The van der Waals surface area contributed by atoms with E-state index < -0.39 is 0 Å². The molecule has 0 aliphatic rings. The molecule has 0 spiro atoms. The van der Waals surface area contributed by atoms with Crippen molar-refractivity contribution < 1.29 is 5.94 Å². The minimum Gasteiger partial charge on any atom is -0.201 e. The third-order valence-electron chi connectivity index (χ3n) is 4.75. The molecule has 1 heteroatoms. The maximum absolute atomic E-state index is 8.31. The molecule has 0 aliphatic carbocycles. The number of aromatic nitrogens is 1. The van der Waals surface area contributed by atoms with E-state index in [0.29, 0.717) is 6.17 Å². The topological polar surface area (TPSA) is 3.88 Å². The van der Waals surface area contributed by atoms with E-state index in [-0.39, 0.29) is 5.41 Å². The van der Waals surface area contributed by atoms with E-state index in [9.17, 15) is 0 Å². The van der Waals surface area contributed by atoms with Gasteiger partial charge < -0.3 is 0 Å². The standard InChI is InChI=1S/C19H26N/c1-6-19(4,7-2)16-12-13-20(5)18(14-16)17-11-9-8-10-15(17)3/h8-14H,6-7H2,1-5H3/q+1/i13D. The first kappa shape index (κ1) is 13.4. The third kappa shape index (κ3) is 2.63. The summed E-state index contributed by atoms with van der Waals surface area (Å²) in [7, 11) is 1.98. The quantitative estimate of drug-likeness (QED) is 0.716. The number of nitrogens with zero attached hydrogens (tertiary/aromatic N) is 1. The molecule has 1 aromatic heterocycles. The van der Waals surface area contributed by atoms with Gasteiger partial charge in [-0.15, -0.1) is 0 Å². The molecular formula is C19H26N+. The summed E-state index contributed by atoms with van der Waals surface area (Å²) in [6.45, 7) is 8.88. The average Bonchev–Trinajstić information content (AvgIpc) is 2.50. The summed E-state index contributed by atoms with van der Waals surface area (Å²) in [6, 6.07) is 12.7. The minimum atomic E-state index is 0.140. The van der Waals surface area contributed by atoms with E-state index in [0.717, 1.165) is 18.5 Å². The van der Waals surface area contributed by atoms with Gasteiger partial charge in [0.1, 0.15) is 8.42 Å². The van der Waals surface area contributed by atoms with Crippen LogP contribution in [0.4, 0.5) is 0 Å². The van der Waals surface area contributed by atoms with Crippen LogP contribution in [0.3, 0.4) is 0 Å². The number of benzene rings is 1. The van der Waals surface area contributed by atoms with Crippen LogP contribution in [0, 0.1) is 6.92 Å². The SMILES string of the molecule is [2H]c1cc(C(C)(CC)CC)cc(-c2ccccc2C)[n+]1C. The smallest absolute Gasteiger partial charge is 0.201 e. The zero-order valence-corrected chi connectivity index (χ0v) is 13.3. The summed E-state index contributed by atoms with van der Waals surface area (Å²) in [6.07, 6.45) is 2.74. The summed E-state index contributed by atoms with van der Waals surface area (Å²) >= 11 is 0. The summed E-state index contributed by atoms with van der Waals surface area (Å²) in [5.41, 5.74) is 5.00. The molecule has 1 aromatic carbocycles. The first-order valence-corrected chi connectivity index (χ1v) is 7.50. The number of pyridine rings is 1. The van der Waals surface area contributed by atoms with Gasteiger partial charge in [0.2, 0.25) is 5.69 Å². The molecule has 0 N–H and O–H groups in total. The van der Waals surface area contributed by atoms with E-state index >= 15 is 0 Å². The Balaban J connectivity index is 2.68. The van der Waals surface area contributed by atoms with Gasteiger partial charge in [-0.25, -0.2) is 4.57 Å². The molecule has 0 unspecified atom stereocenters. The summed E-state index contributed by atoms with van der Waals surface area (Å²) < 4.78 is 10.3. The molecule has 0 saturated carbocycles. The predicted molar refractivity (Wildman–Crippen MR) is 85.7 cm³/mol. The van der Waals surface area contributed by atoms with Crippen LogP contribution in [0.5, 0.6) is 0 Å². The Morgan fingerprint density at radius 1 is 1.15 bits per heavy atom. The zero-order chi connectivity index (χ0) is 15.6. The Morgan fingerprint density at radius 3 is 2.40 bits per heavy atom. The normalized spacial score (nSPS) is 12.3. The van der Waals surface area contributed by atoms with Crippen molar-refractivity contribution >= 4 is 0 Å². The molecule has 106 valence electrons. The van der Waals surface area contributed by atoms with E-state index in [2.05, 4.69) is 58.0 Å². The Kier molecular flexibility index (Phi) is 3.86. The van der Waals surface area contributed by atoms with Crippen LogP contribution in [0.1, 0.15) is 46.1 Å². The highest BCUT2D eigenvalue weighted by molar-refractivity contribution is 5.61. The average molecular weight is 269 g/mol. The first-order chi connectivity index (χ1) is 9.92. The lowest BCUT2D eigenvalue weighted by molar-refractivity contribution is -0.660. The van der Waals surface area contributed by atoms with Crippen molar-refractivity contribution in [2.75, 3.05) is 0 Å². The highest BCUT2D eigenvalue weighted by atomic mass is 14.9. The van der Waals surface area contributed by atoms with Crippen LogP contribution in [0.25, 0.3) is 11.3 Å². The molecule has 0 atom stereocenters. The van der Waals surface area contributed by atoms with Gasteiger partial charge in [-0.3, -0.25) is 0 Å². The first-order valence-electron chi connectivity index (χ1n) is 8.00. The lowest BCUT2D eigenvalue weighted by Crippen LogP contribution is -2.32. The van der Waals surface area contributed by atoms with Crippen LogP contribution in [0.2, 0.25) is 0 Å². The summed E-state index contributed by atoms with van der Waals surface area (Å²) in [5.74, 6) is 0. The second-order valence-electron chi connectivity index (χ2n) is 5.90. The third-order valence-corrected chi connectivity index (χ3v) is 4.75. The van der Waals surface area contributed by atoms with Gasteiger partial charge in [0.15, 0.2) is 6.17 Å². The van der Waals surface area contributed by atoms with Crippen LogP contribution in [-0.4, -0.2) is 0 Å². The van der Waals surface area contributed by atoms with Crippen molar-refractivity contribution in [2.45, 2.75) is 46.0 Å². The van der Waals surface area contributed by atoms with Crippen molar-refractivity contribution in [3.8, 4) is 11.3 Å². The number of hydrogen-bond acceptors (Lipinski definition) is 0. The molecule has 1 nitrogen and oxygen atoms in total. The highest BCUT2D eigenvalue weighted by Crippen LogP contribution is 2.32. The highest BCUT2D eigenvalue weighted by Gasteiger charge is 2.25. The van der Waals surface area contributed by atoms with Crippen LogP contribution >= 0.6 is 0 Å². The van der Waals surface area contributed by atoms with Gasteiger partial charge >= 0.3 is 0 Å². The van der Waals surface area contributed by atoms with Gasteiger partial charge in [0.25, 0.3) is 0 Å². The fourth-order valence-corrected chi connectivity index (χ4v) is 2.65. The van der Waals surface area contributed by atoms with Gasteiger partial charge in [-0.2, -0.15) is 0 Å². The Morgan fingerprint density at radius 2 is 1.80 bits per heavy atom. The largest absolute Gasteiger partial charge is 0.212 e. The Labute approximate surface area is 124 Å². The Hall–Kier alpha value is -1.63. The van der Waals surface area contributed by atoms with Gasteiger partial charge in [-0.1, -0.05) is 39.0 Å². The van der Waals surface area contributed by atoms with Crippen LogP contribution in [-0.2, 0) is 12.5 Å². The summed E-state index contributed by atoms with van der Waals surface area (Å²) in [4.78, 5) is 0. The van der Waals surface area contributed by atoms with E-state index in [1.165, 1.54) is 16.7 Å². The lowest BCUT2D eigenvalue weighted by Gasteiger charge is -2.27. The molecule has 0 fully saturated rings. The predicted octanol–water partition coefficient (Wildman–Crippen LogP) is 4.56. The zero-order valence-electron chi connectivity index (χ0n) is 14.3. The van der Waals surface area contributed by atoms with Crippen LogP contribution < -0.4 is 4.57 Å². The molecule has 0 bridgehead atoms. The fraction of sp³-hybridized carbons (Fsp3) is 0.421. The maximum atomic E-state index is 8.31. The molecule has 2 aromatic rings. The number of rotatable bonds is 4. The molecule has 20 heavy (non-hydrogen) atoms. The maximum Gasteiger partial charge on any atom is 0.212 e. The molecule has 1 heterocycles. The van der Waals surface area contributed by atoms with Crippen LogP contribution in [0.15, 0.2) is 42.6 Å². The fourth-order valence-electron chi connectivity index (χ4n) is 2.65. The van der Waals surface area contributed by atoms with Crippen molar-refractivity contribution in [3.63, 3.8) is 0 Å². The second-order valence-corrected chi connectivity index (χ2v) is 5.90. The molecule has 0 amide bonds. The van der Waals surface area contributed by atoms with Gasteiger partial charge in [-0.05, 0) is 42.4 Å².